The molecule has 0 saturated carbocycles. The molecule has 4 rings (SSSR count). The van der Waals surface area contributed by atoms with Gasteiger partial charge in [-0.15, -0.1) is 0 Å². The van der Waals surface area contributed by atoms with E-state index in [4.69, 9.17) is 5.26 Å². The number of aryl methyl sites for hydroxylation is 1. The minimum Gasteiger partial charge on any atom is -0.333 e. The van der Waals surface area contributed by atoms with Crippen LogP contribution in [0.2, 0.25) is 0 Å². The summed E-state index contributed by atoms with van der Waals surface area (Å²) in [6.07, 6.45) is 3.48. The van der Waals surface area contributed by atoms with Crippen LogP contribution in [-0.2, 0) is 10.0 Å². The number of halogens is 1. The summed E-state index contributed by atoms with van der Waals surface area (Å²) in [4.78, 5) is 18.7. The molecule has 1 aliphatic rings. The summed E-state index contributed by atoms with van der Waals surface area (Å²) in [6.45, 7) is 3.85. The molecule has 0 N–H and O–H groups in total. The van der Waals surface area contributed by atoms with Crippen LogP contribution in [0.15, 0.2) is 41.7 Å². The summed E-state index contributed by atoms with van der Waals surface area (Å²) < 4.78 is 42.2. The molecule has 1 aromatic carbocycles. The first-order chi connectivity index (χ1) is 14.7. The van der Waals surface area contributed by atoms with Gasteiger partial charge in [-0.2, -0.15) is 14.7 Å². The number of aromatic nitrogens is 3. The summed E-state index contributed by atoms with van der Waals surface area (Å²) >= 11 is 0. The lowest BCUT2D eigenvalue weighted by atomic mass is 10.1. The predicted octanol–water partition coefficient (Wildman–Crippen LogP) is 1.58. The van der Waals surface area contributed by atoms with E-state index in [0.29, 0.717) is 11.1 Å². The first-order valence-corrected chi connectivity index (χ1v) is 11.0. The molecule has 0 bridgehead atoms. The van der Waals surface area contributed by atoms with E-state index in [9.17, 15) is 17.6 Å². The van der Waals surface area contributed by atoms with Crippen LogP contribution < -0.4 is 0 Å². The number of rotatable bonds is 3. The van der Waals surface area contributed by atoms with E-state index < -0.39 is 21.9 Å². The second-order valence-corrected chi connectivity index (χ2v) is 9.31. The number of fused-ring (bicyclic) bond motifs is 1. The van der Waals surface area contributed by atoms with Gasteiger partial charge >= 0.3 is 0 Å². The Balaban J connectivity index is 1.55. The van der Waals surface area contributed by atoms with Crippen molar-refractivity contribution in [1.29, 1.82) is 5.26 Å². The maximum absolute atomic E-state index is 13.3. The third-order valence-corrected chi connectivity index (χ3v) is 7.35. The molecule has 0 radical (unpaired) electrons. The van der Waals surface area contributed by atoms with Crippen molar-refractivity contribution in [2.75, 3.05) is 19.6 Å². The minimum atomic E-state index is -3.78. The van der Waals surface area contributed by atoms with Crippen molar-refractivity contribution in [1.82, 2.24) is 23.8 Å². The molecule has 3 aromatic rings. The number of benzene rings is 1. The van der Waals surface area contributed by atoms with Crippen molar-refractivity contribution in [3.63, 3.8) is 0 Å². The van der Waals surface area contributed by atoms with Crippen molar-refractivity contribution < 1.29 is 17.6 Å². The second-order valence-electron chi connectivity index (χ2n) is 7.40. The molecule has 3 heterocycles. The summed E-state index contributed by atoms with van der Waals surface area (Å²) in [5.74, 6) is -0.909. The molecule has 11 heteroatoms. The normalized spacial score (nSPS) is 17.6. The van der Waals surface area contributed by atoms with E-state index in [1.54, 1.807) is 18.7 Å². The highest BCUT2D eigenvalue weighted by atomic mass is 32.2. The fourth-order valence-corrected chi connectivity index (χ4v) is 5.47. The molecule has 1 saturated heterocycles. The van der Waals surface area contributed by atoms with Crippen molar-refractivity contribution in [2.24, 2.45) is 0 Å². The lowest BCUT2D eigenvalue weighted by Gasteiger charge is -2.39. The zero-order valence-electron chi connectivity index (χ0n) is 16.9. The third-order valence-electron chi connectivity index (χ3n) is 5.33. The van der Waals surface area contributed by atoms with E-state index in [2.05, 4.69) is 10.1 Å². The lowest BCUT2D eigenvalue weighted by molar-refractivity contribution is 0.0593. The third kappa shape index (κ3) is 3.64. The van der Waals surface area contributed by atoms with Crippen LogP contribution in [0.4, 0.5) is 4.39 Å². The molecule has 160 valence electrons. The van der Waals surface area contributed by atoms with Gasteiger partial charge in [0, 0.05) is 25.7 Å². The first-order valence-electron chi connectivity index (χ1n) is 9.53. The molecule has 0 unspecified atom stereocenters. The number of nitriles is 1. The van der Waals surface area contributed by atoms with E-state index in [1.807, 2.05) is 6.07 Å². The monoisotopic (exact) mass is 442 g/mol. The minimum absolute atomic E-state index is 0.120. The highest BCUT2D eigenvalue weighted by Gasteiger charge is 2.36. The average molecular weight is 442 g/mol. The molecular weight excluding hydrogens is 423 g/mol. The van der Waals surface area contributed by atoms with Gasteiger partial charge < -0.3 is 4.90 Å². The lowest BCUT2D eigenvalue weighted by Crippen LogP contribution is -2.55. The largest absolute Gasteiger partial charge is 0.333 e. The Morgan fingerprint density at radius 2 is 2.06 bits per heavy atom. The maximum atomic E-state index is 13.3. The van der Waals surface area contributed by atoms with Gasteiger partial charge in [-0.1, -0.05) is 0 Å². The van der Waals surface area contributed by atoms with Crippen LogP contribution in [0.25, 0.3) is 5.65 Å². The van der Waals surface area contributed by atoms with Gasteiger partial charge in [0.25, 0.3) is 5.91 Å². The molecular formula is C20H19FN6O3S. The highest BCUT2D eigenvalue weighted by molar-refractivity contribution is 7.89. The number of piperazine rings is 1. The SMILES string of the molecule is Cc1cc(C#N)ccc1S(=O)(=O)N1CCN(C(=O)c2cnn3cc(F)cnc23)[C@@H](C)C1. The van der Waals surface area contributed by atoms with Gasteiger partial charge in [-0.25, -0.2) is 22.3 Å². The van der Waals surface area contributed by atoms with Gasteiger partial charge in [-0.05, 0) is 37.6 Å². The molecule has 0 aliphatic carbocycles. The Hall–Kier alpha value is -3.36. The number of hydrogen-bond acceptors (Lipinski definition) is 6. The van der Waals surface area contributed by atoms with Crippen LogP contribution in [0.3, 0.4) is 0 Å². The number of nitrogens with zero attached hydrogens (tertiary/aromatic N) is 6. The van der Waals surface area contributed by atoms with Crippen LogP contribution in [0.5, 0.6) is 0 Å². The van der Waals surface area contributed by atoms with Crippen LogP contribution in [0.1, 0.15) is 28.4 Å². The smallest absolute Gasteiger partial charge is 0.259 e. The van der Waals surface area contributed by atoms with Gasteiger partial charge in [0.2, 0.25) is 10.0 Å². The van der Waals surface area contributed by atoms with E-state index in [1.165, 1.54) is 33.2 Å². The Labute approximate surface area is 178 Å². The molecule has 1 aliphatic heterocycles. The number of hydrogen-bond donors (Lipinski definition) is 0. The fraction of sp³-hybridized carbons (Fsp3) is 0.300. The van der Waals surface area contributed by atoms with E-state index in [-0.39, 0.29) is 41.6 Å². The Bertz CT molecular complexity index is 1330. The van der Waals surface area contributed by atoms with E-state index in [0.717, 1.165) is 12.4 Å². The summed E-state index contributed by atoms with van der Waals surface area (Å²) in [6, 6.07) is 6.05. The molecule has 1 amide bonds. The molecule has 1 atom stereocenters. The van der Waals surface area contributed by atoms with Crippen LogP contribution >= 0.6 is 0 Å². The number of carbonyl (C=O) groups is 1. The van der Waals surface area contributed by atoms with E-state index >= 15 is 0 Å². The van der Waals surface area contributed by atoms with Crippen molar-refractivity contribution in [3.8, 4) is 6.07 Å². The molecule has 9 nitrogen and oxygen atoms in total. The quantitative estimate of drug-likeness (QED) is 0.609. The van der Waals surface area contributed by atoms with Gasteiger partial charge in [0.15, 0.2) is 11.5 Å². The summed E-state index contributed by atoms with van der Waals surface area (Å²) in [5, 5.41) is 13.0. The fourth-order valence-electron chi connectivity index (χ4n) is 3.75. The zero-order chi connectivity index (χ0) is 22.3. The Morgan fingerprint density at radius 3 is 2.74 bits per heavy atom. The molecule has 2 aromatic heterocycles. The highest BCUT2D eigenvalue weighted by Crippen LogP contribution is 2.25. The van der Waals surface area contributed by atoms with Crippen molar-refractivity contribution in [2.45, 2.75) is 24.8 Å². The molecule has 31 heavy (non-hydrogen) atoms. The number of carbonyl (C=O) groups excluding carboxylic acids is 1. The average Bonchev–Trinajstić information content (AvgIpc) is 3.15. The van der Waals surface area contributed by atoms with Crippen LogP contribution in [0, 0.1) is 24.1 Å². The zero-order valence-corrected chi connectivity index (χ0v) is 17.7. The maximum Gasteiger partial charge on any atom is 0.259 e. The Morgan fingerprint density at radius 1 is 1.29 bits per heavy atom. The first kappa shape index (κ1) is 20.9. The number of amides is 1. The standard InChI is InChI=1S/C20H19FN6O3S/c1-13-7-15(8-22)3-4-18(13)31(29,30)25-5-6-26(14(2)11-25)20(28)17-10-24-27-12-16(21)9-23-19(17)27/h3-4,7,9-10,12,14H,5-6,11H2,1-2H3/t14-/m0/s1. The Kier molecular flexibility index (Phi) is 5.20. The van der Waals surface area contributed by atoms with Gasteiger partial charge in [-0.3, -0.25) is 4.79 Å². The van der Waals surface area contributed by atoms with Gasteiger partial charge in [0.1, 0.15) is 5.56 Å². The number of sulfonamides is 1. The topological polar surface area (TPSA) is 112 Å². The predicted molar refractivity (Wildman–Crippen MR) is 108 cm³/mol. The van der Waals surface area contributed by atoms with Crippen molar-refractivity contribution >= 4 is 21.6 Å². The second kappa shape index (κ2) is 7.72. The molecule has 0 spiro atoms. The van der Waals surface area contributed by atoms with Crippen LogP contribution in [-0.4, -0.2) is 63.8 Å². The summed E-state index contributed by atoms with van der Waals surface area (Å²) in [7, 11) is -3.78. The van der Waals surface area contributed by atoms with Crippen molar-refractivity contribution in [3.05, 3.63) is 59.3 Å². The molecule has 1 fully saturated rings. The van der Waals surface area contributed by atoms with Gasteiger partial charge in [0.05, 0.1) is 35.1 Å². The summed E-state index contributed by atoms with van der Waals surface area (Å²) in [5.41, 5.74) is 1.35.